The molecule has 1 atom stereocenters. The Morgan fingerprint density at radius 1 is 1.00 bits per heavy atom. The van der Waals surface area contributed by atoms with Gasteiger partial charge in [0.25, 0.3) is 0 Å². The monoisotopic (exact) mass is 238 g/mol. The summed E-state index contributed by atoms with van der Waals surface area (Å²) in [5.74, 6) is 0. The summed E-state index contributed by atoms with van der Waals surface area (Å²) in [6.45, 7) is 1.14. The summed E-state index contributed by atoms with van der Waals surface area (Å²) in [6, 6.07) is 15.4. The number of para-hydroxylation sites is 1. The number of benzene rings is 1. The molecule has 18 heavy (non-hydrogen) atoms. The second-order valence-corrected chi connectivity index (χ2v) is 4.83. The van der Waals surface area contributed by atoms with Crippen molar-refractivity contribution in [1.29, 1.82) is 0 Å². The van der Waals surface area contributed by atoms with Crippen LogP contribution in [0.4, 0.5) is 5.69 Å². The third-order valence-corrected chi connectivity index (χ3v) is 3.66. The van der Waals surface area contributed by atoms with Crippen LogP contribution in [0.25, 0.3) is 0 Å². The predicted octanol–water partition coefficient (Wildman–Crippen LogP) is 3.81. The van der Waals surface area contributed by atoms with Gasteiger partial charge in [0, 0.05) is 24.6 Å². The van der Waals surface area contributed by atoms with E-state index in [9.17, 15) is 0 Å². The van der Waals surface area contributed by atoms with E-state index in [4.69, 9.17) is 0 Å². The van der Waals surface area contributed by atoms with Gasteiger partial charge in [-0.3, -0.25) is 4.98 Å². The largest absolute Gasteiger partial charge is 0.364 e. The second kappa shape index (κ2) is 5.21. The van der Waals surface area contributed by atoms with Gasteiger partial charge < -0.3 is 4.90 Å². The van der Waals surface area contributed by atoms with Crippen LogP contribution < -0.4 is 4.90 Å². The first kappa shape index (κ1) is 11.3. The Morgan fingerprint density at radius 2 is 1.89 bits per heavy atom. The van der Waals surface area contributed by atoms with Crippen molar-refractivity contribution in [2.24, 2.45) is 0 Å². The highest BCUT2D eigenvalue weighted by molar-refractivity contribution is 5.49. The number of hydrogen-bond donors (Lipinski definition) is 0. The smallest absolute Gasteiger partial charge is 0.0557 e. The summed E-state index contributed by atoms with van der Waals surface area (Å²) in [5, 5.41) is 0. The van der Waals surface area contributed by atoms with Crippen molar-refractivity contribution in [2.45, 2.75) is 25.3 Å². The Balaban J connectivity index is 1.92. The number of piperidine rings is 1. The van der Waals surface area contributed by atoms with Gasteiger partial charge in [-0.1, -0.05) is 24.3 Å². The fourth-order valence-electron chi connectivity index (χ4n) is 2.78. The highest BCUT2D eigenvalue weighted by Crippen LogP contribution is 2.34. The zero-order chi connectivity index (χ0) is 12.2. The molecule has 1 aliphatic heterocycles. The Morgan fingerprint density at radius 3 is 2.67 bits per heavy atom. The first-order valence-corrected chi connectivity index (χ1v) is 6.67. The molecule has 92 valence electrons. The molecule has 1 aliphatic rings. The van der Waals surface area contributed by atoms with E-state index in [2.05, 4.69) is 46.3 Å². The Bertz CT molecular complexity index is 433. The van der Waals surface area contributed by atoms with Crippen molar-refractivity contribution in [3.05, 3.63) is 60.4 Å². The van der Waals surface area contributed by atoms with Crippen molar-refractivity contribution in [2.75, 3.05) is 11.4 Å². The van der Waals surface area contributed by atoms with Crippen molar-refractivity contribution in [3.8, 4) is 0 Å². The normalized spacial score (nSPS) is 19.8. The molecular weight excluding hydrogens is 220 g/mol. The van der Waals surface area contributed by atoms with Gasteiger partial charge in [0.15, 0.2) is 0 Å². The molecule has 3 rings (SSSR count). The number of aromatic nitrogens is 1. The highest BCUT2D eigenvalue weighted by Gasteiger charge is 2.23. The first-order chi connectivity index (χ1) is 8.95. The Kier molecular flexibility index (Phi) is 3.26. The van der Waals surface area contributed by atoms with Crippen molar-refractivity contribution in [1.82, 2.24) is 4.98 Å². The van der Waals surface area contributed by atoms with E-state index in [1.54, 1.807) is 0 Å². The number of rotatable bonds is 2. The molecule has 0 N–H and O–H groups in total. The average molecular weight is 238 g/mol. The van der Waals surface area contributed by atoms with Crippen LogP contribution in [0, 0.1) is 0 Å². The lowest BCUT2D eigenvalue weighted by Gasteiger charge is -2.37. The topological polar surface area (TPSA) is 16.1 Å². The van der Waals surface area contributed by atoms with Crippen LogP contribution in [-0.4, -0.2) is 11.5 Å². The lowest BCUT2D eigenvalue weighted by atomic mass is 9.96. The fourth-order valence-corrected chi connectivity index (χ4v) is 2.78. The summed E-state index contributed by atoms with van der Waals surface area (Å²) in [5.41, 5.74) is 2.66. The molecule has 2 nitrogen and oxygen atoms in total. The van der Waals surface area contributed by atoms with Crippen molar-refractivity contribution < 1.29 is 0 Å². The summed E-state index contributed by atoms with van der Waals surface area (Å²) in [6.07, 6.45) is 7.67. The van der Waals surface area contributed by atoms with Gasteiger partial charge in [-0.15, -0.1) is 0 Å². The lowest BCUT2D eigenvalue weighted by molar-refractivity contribution is 0.472. The maximum absolute atomic E-state index is 4.26. The van der Waals surface area contributed by atoms with Gasteiger partial charge >= 0.3 is 0 Å². The Hall–Kier alpha value is -1.83. The maximum Gasteiger partial charge on any atom is 0.0557 e. The zero-order valence-corrected chi connectivity index (χ0v) is 10.5. The molecule has 1 fully saturated rings. The molecule has 0 aliphatic carbocycles. The first-order valence-electron chi connectivity index (χ1n) is 6.67. The zero-order valence-electron chi connectivity index (χ0n) is 10.5. The summed E-state index contributed by atoms with van der Waals surface area (Å²) < 4.78 is 0. The second-order valence-electron chi connectivity index (χ2n) is 4.83. The predicted molar refractivity (Wildman–Crippen MR) is 74.6 cm³/mol. The van der Waals surface area contributed by atoms with E-state index >= 15 is 0 Å². The molecule has 1 aromatic heterocycles. The average Bonchev–Trinajstić information content (AvgIpc) is 2.49. The van der Waals surface area contributed by atoms with Crippen LogP contribution >= 0.6 is 0 Å². The number of pyridine rings is 1. The minimum absolute atomic E-state index is 0.481. The SMILES string of the molecule is c1ccc(N2CCCCC2c2cccnc2)cc1. The third-order valence-electron chi connectivity index (χ3n) is 3.66. The number of hydrogen-bond acceptors (Lipinski definition) is 2. The summed E-state index contributed by atoms with van der Waals surface area (Å²) >= 11 is 0. The van der Waals surface area contributed by atoms with Gasteiger partial charge in [-0.05, 0) is 43.0 Å². The van der Waals surface area contributed by atoms with E-state index in [1.807, 2.05) is 18.5 Å². The van der Waals surface area contributed by atoms with E-state index in [-0.39, 0.29) is 0 Å². The minimum Gasteiger partial charge on any atom is -0.364 e. The maximum atomic E-state index is 4.26. The molecule has 2 aromatic rings. The molecule has 0 amide bonds. The van der Waals surface area contributed by atoms with Crippen LogP contribution in [-0.2, 0) is 0 Å². The Labute approximate surface area is 108 Å². The minimum atomic E-state index is 0.481. The van der Waals surface area contributed by atoms with Gasteiger partial charge in [0.1, 0.15) is 0 Å². The summed E-state index contributed by atoms with van der Waals surface area (Å²) in [7, 11) is 0. The van der Waals surface area contributed by atoms with E-state index in [0.717, 1.165) is 6.54 Å². The van der Waals surface area contributed by atoms with Crippen LogP contribution in [0.2, 0.25) is 0 Å². The standard InChI is InChI=1S/C16H18N2/c1-2-8-15(9-3-1)18-12-5-4-10-16(18)14-7-6-11-17-13-14/h1-3,6-9,11,13,16H,4-5,10,12H2. The summed E-state index contributed by atoms with van der Waals surface area (Å²) in [4.78, 5) is 6.78. The van der Waals surface area contributed by atoms with Gasteiger partial charge in [0.2, 0.25) is 0 Å². The van der Waals surface area contributed by atoms with Crippen LogP contribution in [0.15, 0.2) is 54.9 Å². The quantitative estimate of drug-likeness (QED) is 0.790. The molecule has 0 spiro atoms. The molecule has 0 saturated carbocycles. The van der Waals surface area contributed by atoms with Crippen molar-refractivity contribution in [3.63, 3.8) is 0 Å². The van der Waals surface area contributed by atoms with E-state index in [1.165, 1.54) is 30.5 Å². The number of anilines is 1. The van der Waals surface area contributed by atoms with Gasteiger partial charge in [0.05, 0.1) is 6.04 Å². The molecule has 2 heterocycles. The molecule has 2 heteroatoms. The van der Waals surface area contributed by atoms with E-state index < -0.39 is 0 Å². The van der Waals surface area contributed by atoms with Crippen LogP contribution in [0.1, 0.15) is 30.9 Å². The molecule has 1 aromatic carbocycles. The molecule has 0 bridgehead atoms. The van der Waals surface area contributed by atoms with Gasteiger partial charge in [-0.25, -0.2) is 0 Å². The van der Waals surface area contributed by atoms with Crippen molar-refractivity contribution >= 4 is 5.69 Å². The molecule has 1 saturated heterocycles. The fraction of sp³-hybridized carbons (Fsp3) is 0.312. The van der Waals surface area contributed by atoms with Gasteiger partial charge in [-0.2, -0.15) is 0 Å². The molecular formula is C16H18N2. The lowest BCUT2D eigenvalue weighted by Crippen LogP contribution is -2.33. The van der Waals surface area contributed by atoms with Crippen LogP contribution in [0.5, 0.6) is 0 Å². The number of nitrogens with zero attached hydrogens (tertiary/aromatic N) is 2. The highest BCUT2D eigenvalue weighted by atomic mass is 15.2. The van der Waals surface area contributed by atoms with Crippen LogP contribution in [0.3, 0.4) is 0 Å². The molecule has 1 unspecified atom stereocenters. The van der Waals surface area contributed by atoms with E-state index in [0.29, 0.717) is 6.04 Å². The third kappa shape index (κ3) is 2.23. The molecule has 0 radical (unpaired) electrons.